The molecule has 0 spiro atoms. The van der Waals surface area contributed by atoms with E-state index in [0.29, 0.717) is 22.4 Å². The number of benzene rings is 3. The Bertz CT molecular complexity index is 1220. The Morgan fingerprint density at radius 3 is 2.56 bits per heavy atom. The van der Waals surface area contributed by atoms with E-state index in [4.69, 9.17) is 4.52 Å². The number of hydrogen-bond donors (Lipinski definition) is 2. The molecule has 0 atom stereocenters. The van der Waals surface area contributed by atoms with Gasteiger partial charge in [-0.25, -0.2) is 0 Å². The van der Waals surface area contributed by atoms with Crippen molar-refractivity contribution in [3.8, 4) is 11.3 Å². The standard InChI is InChI=1S/C22H17N3O2/c1-12-6-5-7-13(10-12)24-16-11-17(23-2)20-19-18(16)21(26)14-8-3-4-9-15(14)22(19)27-25-20/h3-11,23-24H,1-2H3. The molecule has 0 amide bonds. The molecule has 132 valence electrons. The third-order valence-electron chi connectivity index (χ3n) is 4.97. The summed E-state index contributed by atoms with van der Waals surface area (Å²) in [6, 6.07) is 17.5. The average molecular weight is 355 g/mol. The van der Waals surface area contributed by atoms with E-state index in [1.54, 1.807) is 0 Å². The molecule has 1 heterocycles. The molecule has 5 nitrogen and oxygen atoms in total. The summed E-state index contributed by atoms with van der Waals surface area (Å²) in [4.78, 5) is 13.3. The zero-order chi connectivity index (χ0) is 18.5. The maximum Gasteiger partial charge on any atom is 0.196 e. The first-order valence-electron chi connectivity index (χ1n) is 8.79. The number of carbonyl (C=O) groups excluding carboxylic acids is 1. The lowest BCUT2D eigenvalue weighted by atomic mass is 9.86. The molecule has 2 N–H and O–H groups in total. The number of aryl methyl sites for hydroxylation is 1. The van der Waals surface area contributed by atoms with Crippen LogP contribution in [-0.4, -0.2) is 18.0 Å². The number of nitrogens with one attached hydrogen (secondary N) is 2. The van der Waals surface area contributed by atoms with Gasteiger partial charge in [0.05, 0.1) is 22.3 Å². The number of rotatable bonds is 3. The van der Waals surface area contributed by atoms with Crippen molar-refractivity contribution < 1.29 is 9.32 Å². The lowest BCUT2D eigenvalue weighted by molar-refractivity contribution is 0.104. The summed E-state index contributed by atoms with van der Waals surface area (Å²) in [5.41, 5.74) is 6.30. The van der Waals surface area contributed by atoms with Crippen molar-refractivity contribution in [2.75, 3.05) is 17.7 Å². The SMILES string of the molecule is CNc1cc(Nc2cccc(C)c2)c2c3c(onc13)-c1ccccc1C2=O. The molecular formula is C22H17N3O2. The van der Waals surface area contributed by atoms with Crippen molar-refractivity contribution in [2.24, 2.45) is 0 Å². The highest BCUT2D eigenvalue weighted by Crippen LogP contribution is 2.45. The van der Waals surface area contributed by atoms with Crippen LogP contribution in [0.4, 0.5) is 17.1 Å². The smallest absolute Gasteiger partial charge is 0.196 e. The van der Waals surface area contributed by atoms with Gasteiger partial charge in [0.1, 0.15) is 5.52 Å². The fraction of sp³-hybridized carbons (Fsp3) is 0.0909. The van der Waals surface area contributed by atoms with Gasteiger partial charge in [-0.15, -0.1) is 0 Å². The molecule has 27 heavy (non-hydrogen) atoms. The van der Waals surface area contributed by atoms with E-state index in [-0.39, 0.29) is 5.78 Å². The molecule has 0 radical (unpaired) electrons. The molecule has 1 aliphatic rings. The normalized spacial score (nSPS) is 12.1. The number of carbonyl (C=O) groups is 1. The highest BCUT2D eigenvalue weighted by atomic mass is 16.5. The number of fused-ring (bicyclic) bond motifs is 2. The predicted octanol–water partition coefficient (Wildman–Crippen LogP) is 5.13. The van der Waals surface area contributed by atoms with Crippen molar-refractivity contribution in [3.63, 3.8) is 0 Å². The second kappa shape index (κ2) is 5.71. The average Bonchev–Trinajstić information content (AvgIpc) is 3.12. The Morgan fingerprint density at radius 2 is 1.78 bits per heavy atom. The molecule has 0 saturated carbocycles. The van der Waals surface area contributed by atoms with Gasteiger partial charge in [0.2, 0.25) is 0 Å². The molecule has 0 aliphatic heterocycles. The largest absolute Gasteiger partial charge is 0.386 e. The summed E-state index contributed by atoms with van der Waals surface area (Å²) in [6.45, 7) is 2.04. The molecule has 1 aliphatic carbocycles. The molecule has 0 fully saturated rings. The van der Waals surface area contributed by atoms with Gasteiger partial charge in [-0.1, -0.05) is 41.6 Å². The van der Waals surface area contributed by atoms with Crippen LogP contribution in [0.2, 0.25) is 0 Å². The van der Waals surface area contributed by atoms with E-state index in [2.05, 4.69) is 15.8 Å². The minimum absolute atomic E-state index is 0.0240. The minimum atomic E-state index is -0.0240. The maximum atomic E-state index is 13.3. The van der Waals surface area contributed by atoms with Gasteiger partial charge < -0.3 is 15.2 Å². The van der Waals surface area contributed by atoms with E-state index in [0.717, 1.165) is 33.6 Å². The molecule has 0 unspecified atom stereocenters. The van der Waals surface area contributed by atoms with Gasteiger partial charge in [0.25, 0.3) is 0 Å². The minimum Gasteiger partial charge on any atom is -0.386 e. The van der Waals surface area contributed by atoms with Crippen molar-refractivity contribution in [3.05, 3.63) is 71.3 Å². The Balaban J connectivity index is 1.81. The highest BCUT2D eigenvalue weighted by molar-refractivity contribution is 6.28. The van der Waals surface area contributed by atoms with Crippen LogP contribution in [0.5, 0.6) is 0 Å². The molecule has 0 saturated heterocycles. The molecule has 4 aromatic rings. The van der Waals surface area contributed by atoms with Crippen molar-refractivity contribution in [1.82, 2.24) is 5.16 Å². The lowest BCUT2D eigenvalue weighted by Gasteiger charge is -2.19. The second-order valence-electron chi connectivity index (χ2n) is 6.70. The van der Waals surface area contributed by atoms with Gasteiger partial charge in [-0.2, -0.15) is 0 Å². The third-order valence-corrected chi connectivity index (χ3v) is 4.97. The van der Waals surface area contributed by atoms with Crippen LogP contribution in [0.25, 0.3) is 22.2 Å². The summed E-state index contributed by atoms with van der Waals surface area (Å²) in [5.74, 6) is 0.615. The van der Waals surface area contributed by atoms with Crippen molar-refractivity contribution in [1.29, 1.82) is 0 Å². The van der Waals surface area contributed by atoms with Crippen molar-refractivity contribution in [2.45, 2.75) is 6.92 Å². The molecule has 0 bridgehead atoms. The van der Waals surface area contributed by atoms with Crippen LogP contribution in [0.3, 0.4) is 0 Å². The summed E-state index contributed by atoms with van der Waals surface area (Å²) in [7, 11) is 1.83. The number of aromatic nitrogens is 1. The summed E-state index contributed by atoms with van der Waals surface area (Å²) < 4.78 is 5.67. The van der Waals surface area contributed by atoms with Crippen LogP contribution in [0, 0.1) is 6.92 Å². The zero-order valence-electron chi connectivity index (χ0n) is 15.0. The number of ketones is 1. The monoisotopic (exact) mass is 355 g/mol. The van der Waals surface area contributed by atoms with E-state index in [1.807, 2.05) is 68.6 Å². The van der Waals surface area contributed by atoms with E-state index in [1.165, 1.54) is 0 Å². The summed E-state index contributed by atoms with van der Waals surface area (Å²) in [5, 5.41) is 11.6. The lowest BCUT2D eigenvalue weighted by Crippen LogP contribution is -2.12. The number of anilines is 3. The first kappa shape index (κ1) is 15.6. The predicted molar refractivity (Wildman–Crippen MR) is 107 cm³/mol. The fourth-order valence-corrected chi connectivity index (χ4v) is 3.73. The number of hydrogen-bond acceptors (Lipinski definition) is 5. The zero-order valence-corrected chi connectivity index (χ0v) is 15.0. The van der Waals surface area contributed by atoms with Crippen molar-refractivity contribution >= 4 is 33.7 Å². The maximum absolute atomic E-state index is 13.3. The van der Waals surface area contributed by atoms with E-state index < -0.39 is 0 Å². The van der Waals surface area contributed by atoms with Crippen LogP contribution in [0.15, 0.2) is 59.1 Å². The quantitative estimate of drug-likeness (QED) is 0.469. The van der Waals surface area contributed by atoms with Gasteiger partial charge in [0, 0.05) is 23.9 Å². The molecule has 1 aromatic heterocycles. The van der Waals surface area contributed by atoms with Crippen LogP contribution in [-0.2, 0) is 0 Å². The Kier molecular flexibility index (Phi) is 3.31. The number of nitrogens with zero attached hydrogens (tertiary/aromatic N) is 1. The first-order valence-corrected chi connectivity index (χ1v) is 8.79. The summed E-state index contributed by atoms with van der Waals surface area (Å²) in [6.07, 6.45) is 0. The molecular weight excluding hydrogens is 338 g/mol. The van der Waals surface area contributed by atoms with Crippen LogP contribution in [0.1, 0.15) is 21.5 Å². The van der Waals surface area contributed by atoms with E-state index >= 15 is 0 Å². The van der Waals surface area contributed by atoms with Gasteiger partial charge in [-0.05, 0) is 30.7 Å². The van der Waals surface area contributed by atoms with Gasteiger partial charge >= 0.3 is 0 Å². The summed E-state index contributed by atoms with van der Waals surface area (Å²) >= 11 is 0. The topological polar surface area (TPSA) is 67.2 Å². The first-order chi connectivity index (χ1) is 13.2. The van der Waals surface area contributed by atoms with Gasteiger partial charge in [-0.3, -0.25) is 4.79 Å². The Hall–Kier alpha value is -3.60. The Labute approximate surface area is 156 Å². The molecule has 5 rings (SSSR count). The highest BCUT2D eigenvalue weighted by Gasteiger charge is 2.32. The van der Waals surface area contributed by atoms with Crippen LogP contribution < -0.4 is 10.6 Å². The van der Waals surface area contributed by atoms with Gasteiger partial charge in [0.15, 0.2) is 11.5 Å². The third kappa shape index (κ3) is 2.25. The Morgan fingerprint density at radius 1 is 0.963 bits per heavy atom. The fourth-order valence-electron chi connectivity index (χ4n) is 3.73. The molecule has 5 heteroatoms. The van der Waals surface area contributed by atoms with E-state index in [9.17, 15) is 4.79 Å². The van der Waals surface area contributed by atoms with Crippen LogP contribution >= 0.6 is 0 Å². The second-order valence-corrected chi connectivity index (χ2v) is 6.70. The molecule has 3 aromatic carbocycles.